The maximum Gasteiger partial charge on any atom is 0.0736 e. The lowest BCUT2D eigenvalue weighted by Gasteiger charge is -2.44. The number of nitrogens with one attached hydrogen (secondary N) is 1. The van der Waals surface area contributed by atoms with Crippen molar-refractivity contribution in [2.24, 2.45) is 5.84 Å². The largest absolute Gasteiger partial charge is 0.296 e. The Morgan fingerprint density at radius 2 is 1.89 bits per heavy atom. The molecule has 1 aliphatic heterocycles. The van der Waals surface area contributed by atoms with E-state index < -0.39 is 0 Å². The molecule has 0 aromatic carbocycles. The highest BCUT2D eigenvalue weighted by Gasteiger charge is 2.47. The summed E-state index contributed by atoms with van der Waals surface area (Å²) >= 11 is 1.90. The summed E-state index contributed by atoms with van der Waals surface area (Å²) in [5.41, 5.74) is 3.43. The Morgan fingerprint density at radius 3 is 2.42 bits per heavy atom. The summed E-state index contributed by atoms with van der Waals surface area (Å²) < 4.78 is 0. The third-order valence-corrected chi connectivity index (χ3v) is 6.02. The fraction of sp³-hybridized carbons (Fsp3) is 0.733. The first-order chi connectivity index (χ1) is 9.26. The molecule has 3 rings (SSSR count). The molecule has 1 aromatic rings. The van der Waals surface area contributed by atoms with Crippen LogP contribution in [0.15, 0.2) is 12.1 Å². The molecule has 0 amide bonds. The summed E-state index contributed by atoms with van der Waals surface area (Å²) in [6.07, 6.45) is 7.97. The number of aryl methyl sites for hydroxylation is 1. The zero-order valence-corrected chi connectivity index (χ0v) is 12.6. The Labute approximate surface area is 120 Å². The van der Waals surface area contributed by atoms with Gasteiger partial charge in [0, 0.05) is 15.3 Å². The first-order valence-corrected chi connectivity index (χ1v) is 8.35. The van der Waals surface area contributed by atoms with Crippen molar-refractivity contribution >= 4 is 11.3 Å². The van der Waals surface area contributed by atoms with Crippen molar-refractivity contribution in [3.8, 4) is 0 Å². The number of nitrogens with zero attached hydrogens (tertiary/aromatic N) is 1. The molecule has 106 valence electrons. The van der Waals surface area contributed by atoms with E-state index in [2.05, 4.69) is 29.4 Å². The molecule has 1 aromatic heterocycles. The summed E-state index contributed by atoms with van der Waals surface area (Å²) in [5, 5.41) is 0. The van der Waals surface area contributed by atoms with Crippen LogP contribution in [0.5, 0.6) is 0 Å². The zero-order chi connectivity index (χ0) is 13.3. The van der Waals surface area contributed by atoms with Gasteiger partial charge in [0.05, 0.1) is 6.04 Å². The normalized spacial score (nSPS) is 24.9. The molecule has 1 saturated heterocycles. The molecule has 19 heavy (non-hydrogen) atoms. The van der Waals surface area contributed by atoms with Gasteiger partial charge in [-0.05, 0) is 57.8 Å². The minimum Gasteiger partial charge on any atom is -0.296 e. The fourth-order valence-electron chi connectivity index (χ4n) is 4.05. The molecule has 1 atom stereocenters. The van der Waals surface area contributed by atoms with Gasteiger partial charge in [-0.3, -0.25) is 16.2 Å². The second-order valence-electron chi connectivity index (χ2n) is 6.05. The summed E-state index contributed by atoms with van der Waals surface area (Å²) in [6, 6.07) is 4.78. The Balaban J connectivity index is 1.93. The van der Waals surface area contributed by atoms with E-state index >= 15 is 0 Å². The van der Waals surface area contributed by atoms with E-state index in [9.17, 15) is 0 Å². The number of hydrazine groups is 1. The number of likely N-dealkylation sites (tertiary alicyclic amines) is 1. The maximum absolute atomic E-state index is 5.98. The van der Waals surface area contributed by atoms with Gasteiger partial charge in [-0.2, -0.15) is 0 Å². The van der Waals surface area contributed by atoms with Crippen LogP contribution in [0.2, 0.25) is 0 Å². The fourth-order valence-corrected chi connectivity index (χ4v) is 5.10. The maximum atomic E-state index is 5.98. The molecule has 4 heteroatoms. The standard InChI is InChI=1S/C15H25N3S/c1-12-6-7-13(19-12)14(17-16)15(8-2-3-9-15)18-10-4-5-11-18/h6-7,14,17H,2-5,8-11,16H2,1H3. The van der Waals surface area contributed by atoms with E-state index in [1.807, 2.05) is 11.3 Å². The highest BCUT2D eigenvalue weighted by molar-refractivity contribution is 7.12. The third-order valence-electron chi connectivity index (χ3n) is 4.95. The SMILES string of the molecule is Cc1ccc(C(NN)C2(N3CCCC3)CCCC2)s1. The van der Waals surface area contributed by atoms with Crippen molar-refractivity contribution in [2.45, 2.75) is 57.0 Å². The van der Waals surface area contributed by atoms with Crippen molar-refractivity contribution in [1.29, 1.82) is 0 Å². The minimum atomic E-state index is 0.266. The quantitative estimate of drug-likeness (QED) is 0.657. The Morgan fingerprint density at radius 1 is 1.21 bits per heavy atom. The van der Waals surface area contributed by atoms with E-state index in [1.165, 1.54) is 61.4 Å². The second-order valence-corrected chi connectivity index (χ2v) is 7.37. The van der Waals surface area contributed by atoms with Crippen LogP contribution in [0.4, 0.5) is 0 Å². The van der Waals surface area contributed by atoms with E-state index in [1.54, 1.807) is 0 Å². The number of nitrogens with two attached hydrogens (primary N) is 1. The molecule has 2 fully saturated rings. The van der Waals surface area contributed by atoms with Crippen molar-refractivity contribution in [3.05, 3.63) is 21.9 Å². The second kappa shape index (κ2) is 5.52. The summed E-state index contributed by atoms with van der Waals surface area (Å²) in [6.45, 7) is 4.68. The molecular weight excluding hydrogens is 254 g/mol. The van der Waals surface area contributed by atoms with E-state index in [0.717, 1.165) is 0 Å². The van der Waals surface area contributed by atoms with Gasteiger partial charge >= 0.3 is 0 Å². The molecule has 1 saturated carbocycles. The van der Waals surface area contributed by atoms with Crippen molar-refractivity contribution < 1.29 is 0 Å². The zero-order valence-electron chi connectivity index (χ0n) is 11.8. The van der Waals surface area contributed by atoms with Gasteiger partial charge in [0.1, 0.15) is 0 Å². The van der Waals surface area contributed by atoms with Gasteiger partial charge in [-0.25, -0.2) is 0 Å². The van der Waals surface area contributed by atoms with E-state index in [-0.39, 0.29) is 5.54 Å². The van der Waals surface area contributed by atoms with Crippen LogP contribution in [0.3, 0.4) is 0 Å². The van der Waals surface area contributed by atoms with Gasteiger partial charge in [0.25, 0.3) is 0 Å². The van der Waals surface area contributed by atoms with Crippen LogP contribution in [0.25, 0.3) is 0 Å². The van der Waals surface area contributed by atoms with Crippen LogP contribution in [0.1, 0.15) is 54.3 Å². The Hall–Kier alpha value is -0.420. The van der Waals surface area contributed by atoms with Gasteiger partial charge in [-0.15, -0.1) is 11.3 Å². The lowest BCUT2D eigenvalue weighted by Crippen LogP contribution is -2.55. The van der Waals surface area contributed by atoms with Crippen LogP contribution in [-0.4, -0.2) is 23.5 Å². The topological polar surface area (TPSA) is 41.3 Å². The summed E-state index contributed by atoms with van der Waals surface area (Å²) in [4.78, 5) is 5.51. The molecule has 0 spiro atoms. The number of rotatable bonds is 4. The third kappa shape index (κ3) is 2.35. The van der Waals surface area contributed by atoms with Crippen LogP contribution >= 0.6 is 11.3 Å². The van der Waals surface area contributed by atoms with Crippen LogP contribution < -0.4 is 11.3 Å². The number of hydrogen-bond donors (Lipinski definition) is 2. The lowest BCUT2D eigenvalue weighted by atomic mass is 9.85. The van der Waals surface area contributed by atoms with Gasteiger partial charge < -0.3 is 0 Å². The van der Waals surface area contributed by atoms with Crippen molar-refractivity contribution in [3.63, 3.8) is 0 Å². The highest BCUT2D eigenvalue weighted by atomic mass is 32.1. The molecule has 3 N–H and O–H groups in total. The Kier molecular flexibility index (Phi) is 3.94. The Bertz CT molecular complexity index is 417. The lowest BCUT2D eigenvalue weighted by molar-refractivity contribution is 0.0778. The van der Waals surface area contributed by atoms with Gasteiger partial charge in [0.15, 0.2) is 0 Å². The summed E-state index contributed by atoms with van der Waals surface area (Å²) in [7, 11) is 0. The van der Waals surface area contributed by atoms with Crippen molar-refractivity contribution in [1.82, 2.24) is 10.3 Å². The van der Waals surface area contributed by atoms with Gasteiger partial charge in [0.2, 0.25) is 0 Å². The van der Waals surface area contributed by atoms with Crippen LogP contribution in [0, 0.1) is 6.92 Å². The molecule has 1 unspecified atom stereocenters. The monoisotopic (exact) mass is 279 g/mol. The smallest absolute Gasteiger partial charge is 0.0736 e. The first kappa shape index (κ1) is 13.6. The average molecular weight is 279 g/mol. The van der Waals surface area contributed by atoms with Gasteiger partial charge in [-0.1, -0.05) is 12.8 Å². The number of hydrogen-bond acceptors (Lipinski definition) is 4. The van der Waals surface area contributed by atoms with Crippen molar-refractivity contribution in [2.75, 3.05) is 13.1 Å². The highest BCUT2D eigenvalue weighted by Crippen LogP contribution is 2.46. The molecule has 0 radical (unpaired) electrons. The minimum absolute atomic E-state index is 0.266. The first-order valence-electron chi connectivity index (χ1n) is 7.54. The van der Waals surface area contributed by atoms with E-state index in [4.69, 9.17) is 5.84 Å². The number of thiophene rings is 1. The molecule has 0 bridgehead atoms. The molecule has 2 aliphatic rings. The molecule has 3 nitrogen and oxygen atoms in total. The summed E-state index contributed by atoms with van der Waals surface area (Å²) in [5.74, 6) is 5.98. The molecular formula is C15H25N3S. The van der Waals surface area contributed by atoms with E-state index in [0.29, 0.717) is 6.04 Å². The van der Waals surface area contributed by atoms with Crippen LogP contribution in [-0.2, 0) is 0 Å². The average Bonchev–Trinajstić information content (AvgIpc) is 3.10. The predicted octanol–water partition coefficient (Wildman–Crippen LogP) is 2.97. The molecule has 2 heterocycles. The predicted molar refractivity (Wildman–Crippen MR) is 81.1 cm³/mol. The molecule has 1 aliphatic carbocycles.